The number of benzene rings is 1. The SMILES string of the molecule is CCc1cc2c(=O)n(CC(=O)Nc3cc(Cl)ccc3C)cnc2s1. The van der Waals surface area contributed by atoms with Gasteiger partial charge in [-0.05, 0) is 37.1 Å². The molecule has 0 atom stereocenters. The fraction of sp³-hybridized carbons (Fsp3) is 0.235. The smallest absolute Gasteiger partial charge is 0.262 e. The van der Waals surface area contributed by atoms with E-state index in [0.717, 1.165) is 16.9 Å². The van der Waals surface area contributed by atoms with Crippen molar-refractivity contribution in [3.63, 3.8) is 0 Å². The minimum Gasteiger partial charge on any atom is -0.324 e. The number of fused-ring (bicyclic) bond motifs is 1. The lowest BCUT2D eigenvalue weighted by molar-refractivity contribution is -0.116. The molecule has 0 unspecified atom stereocenters. The zero-order chi connectivity index (χ0) is 17.3. The van der Waals surface area contributed by atoms with Crippen LogP contribution in [0.4, 0.5) is 5.69 Å². The summed E-state index contributed by atoms with van der Waals surface area (Å²) in [6, 6.07) is 7.13. The molecular weight excluding hydrogens is 346 g/mol. The second-order valence-corrected chi connectivity index (χ2v) is 7.02. The molecule has 0 aliphatic heterocycles. The van der Waals surface area contributed by atoms with Gasteiger partial charge in [-0.25, -0.2) is 4.98 Å². The molecule has 1 N–H and O–H groups in total. The quantitative estimate of drug-likeness (QED) is 0.771. The zero-order valence-electron chi connectivity index (χ0n) is 13.3. The van der Waals surface area contributed by atoms with E-state index in [-0.39, 0.29) is 18.0 Å². The molecule has 0 saturated heterocycles. The normalized spacial score (nSPS) is 11.0. The second kappa shape index (κ2) is 6.75. The number of carbonyl (C=O) groups excluding carboxylic acids is 1. The minimum absolute atomic E-state index is 0.0922. The molecule has 0 fully saturated rings. The van der Waals surface area contributed by atoms with Gasteiger partial charge in [-0.1, -0.05) is 24.6 Å². The Morgan fingerprint density at radius 1 is 1.38 bits per heavy atom. The van der Waals surface area contributed by atoms with E-state index in [1.54, 1.807) is 12.1 Å². The summed E-state index contributed by atoms with van der Waals surface area (Å²) in [4.78, 5) is 30.8. The van der Waals surface area contributed by atoms with Crippen LogP contribution in [0.25, 0.3) is 10.2 Å². The summed E-state index contributed by atoms with van der Waals surface area (Å²) >= 11 is 7.46. The molecule has 2 heterocycles. The maximum absolute atomic E-state index is 12.5. The molecule has 7 heteroatoms. The number of hydrogen-bond acceptors (Lipinski definition) is 4. The van der Waals surface area contributed by atoms with E-state index in [1.807, 2.05) is 26.0 Å². The number of anilines is 1. The van der Waals surface area contributed by atoms with Gasteiger partial charge < -0.3 is 5.32 Å². The summed E-state index contributed by atoms with van der Waals surface area (Å²) < 4.78 is 1.32. The maximum Gasteiger partial charge on any atom is 0.262 e. The summed E-state index contributed by atoms with van der Waals surface area (Å²) in [6.07, 6.45) is 2.28. The molecule has 0 bridgehead atoms. The van der Waals surface area contributed by atoms with Crippen LogP contribution in [0.3, 0.4) is 0 Å². The fourth-order valence-corrected chi connectivity index (χ4v) is 3.47. The van der Waals surface area contributed by atoms with Gasteiger partial charge in [-0.15, -0.1) is 11.3 Å². The standard InChI is InChI=1S/C17H16ClN3O2S/c1-3-12-7-13-16(24-12)19-9-21(17(13)23)8-15(22)20-14-6-11(18)5-4-10(14)2/h4-7,9H,3,8H2,1-2H3,(H,20,22). The number of thiophene rings is 1. The Hall–Kier alpha value is -2.18. The summed E-state index contributed by atoms with van der Waals surface area (Å²) in [5.41, 5.74) is 1.34. The second-order valence-electron chi connectivity index (χ2n) is 5.47. The molecule has 0 saturated carbocycles. The number of aromatic nitrogens is 2. The average molecular weight is 362 g/mol. The molecule has 1 amide bonds. The Labute approximate surface area is 147 Å². The van der Waals surface area contributed by atoms with Crippen LogP contribution in [-0.4, -0.2) is 15.5 Å². The molecule has 0 spiro atoms. The van der Waals surface area contributed by atoms with E-state index in [9.17, 15) is 9.59 Å². The summed E-state index contributed by atoms with van der Waals surface area (Å²) in [7, 11) is 0. The van der Waals surface area contributed by atoms with Crippen molar-refractivity contribution in [1.29, 1.82) is 0 Å². The Morgan fingerprint density at radius 2 is 2.17 bits per heavy atom. The molecule has 5 nitrogen and oxygen atoms in total. The lowest BCUT2D eigenvalue weighted by Gasteiger charge is -2.10. The molecule has 3 aromatic rings. The molecule has 124 valence electrons. The van der Waals surface area contributed by atoms with Gasteiger partial charge in [0.1, 0.15) is 11.4 Å². The van der Waals surface area contributed by atoms with Crippen molar-refractivity contribution in [2.75, 3.05) is 5.32 Å². The third-order valence-electron chi connectivity index (χ3n) is 3.71. The number of hydrogen-bond donors (Lipinski definition) is 1. The zero-order valence-corrected chi connectivity index (χ0v) is 14.9. The van der Waals surface area contributed by atoms with Crippen LogP contribution in [0.15, 0.2) is 35.4 Å². The van der Waals surface area contributed by atoms with Gasteiger partial charge in [-0.2, -0.15) is 0 Å². The van der Waals surface area contributed by atoms with E-state index in [1.165, 1.54) is 22.2 Å². The topological polar surface area (TPSA) is 64.0 Å². The van der Waals surface area contributed by atoms with Gasteiger partial charge in [-0.3, -0.25) is 14.2 Å². The number of amides is 1. The van der Waals surface area contributed by atoms with Crippen molar-refractivity contribution in [3.8, 4) is 0 Å². The Bertz CT molecular complexity index is 978. The Kier molecular flexibility index (Phi) is 4.69. The van der Waals surface area contributed by atoms with Gasteiger partial charge >= 0.3 is 0 Å². The predicted octanol–water partition coefficient (Wildman–Crippen LogP) is 3.62. The third-order valence-corrected chi connectivity index (χ3v) is 5.13. The minimum atomic E-state index is -0.297. The monoisotopic (exact) mass is 361 g/mol. The Balaban J connectivity index is 1.84. The highest BCUT2D eigenvalue weighted by Gasteiger charge is 2.12. The molecule has 24 heavy (non-hydrogen) atoms. The van der Waals surface area contributed by atoms with Gasteiger partial charge in [0.15, 0.2) is 0 Å². The third kappa shape index (κ3) is 3.34. The van der Waals surface area contributed by atoms with E-state index in [2.05, 4.69) is 10.3 Å². The number of halogens is 1. The molecular formula is C17H16ClN3O2S. The highest BCUT2D eigenvalue weighted by atomic mass is 35.5. The van der Waals surface area contributed by atoms with Crippen LogP contribution in [0.1, 0.15) is 17.4 Å². The largest absolute Gasteiger partial charge is 0.324 e. The highest BCUT2D eigenvalue weighted by molar-refractivity contribution is 7.18. The first-order valence-electron chi connectivity index (χ1n) is 7.51. The number of aryl methyl sites for hydroxylation is 2. The molecule has 3 rings (SSSR count). The molecule has 1 aromatic carbocycles. The molecule has 0 aliphatic carbocycles. The average Bonchev–Trinajstić information content (AvgIpc) is 2.98. The number of carbonyl (C=O) groups is 1. The van der Waals surface area contributed by atoms with Crippen LogP contribution in [-0.2, 0) is 17.8 Å². The number of nitrogens with one attached hydrogen (secondary N) is 1. The van der Waals surface area contributed by atoms with Crippen LogP contribution in [0.5, 0.6) is 0 Å². The highest BCUT2D eigenvalue weighted by Crippen LogP contribution is 2.21. The van der Waals surface area contributed by atoms with Gasteiger partial charge in [0.2, 0.25) is 5.91 Å². The molecule has 2 aromatic heterocycles. The van der Waals surface area contributed by atoms with Crippen LogP contribution >= 0.6 is 22.9 Å². The maximum atomic E-state index is 12.5. The van der Waals surface area contributed by atoms with E-state index in [4.69, 9.17) is 11.6 Å². The first kappa shape index (κ1) is 16.7. The lowest BCUT2D eigenvalue weighted by Crippen LogP contribution is -2.27. The van der Waals surface area contributed by atoms with Crippen LogP contribution in [0, 0.1) is 6.92 Å². The lowest BCUT2D eigenvalue weighted by atomic mass is 10.2. The van der Waals surface area contributed by atoms with Crippen LogP contribution < -0.4 is 10.9 Å². The first-order chi connectivity index (χ1) is 11.5. The van der Waals surface area contributed by atoms with Crippen molar-refractivity contribution in [2.45, 2.75) is 26.8 Å². The molecule has 0 radical (unpaired) electrons. The van der Waals surface area contributed by atoms with Crippen molar-refractivity contribution in [3.05, 3.63) is 56.4 Å². The Morgan fingerprint density at radius 3 is 2.92 bits per heavy atom. The number of rotatable bonds is 4. The van der Waals surface area contributed by atoms with Gasteiger partial charge in [0, 0.05) is 15.6 Å². The van der Waals surface area contributed by atoms with E-state index < -0.39 is 0 Å². The van der Waals surface area contributed by atoms with E-state index in [0.29, 0.717) is 20.9 Å². The summed E-state index contributed by atoms with van der Waals surface area (Å²) in [5, 5.41) is 3.89. The summed E-state index contributed by atoms with van der Waals surface area (Å²) in [5.74, 6) is -0.297. The first-order valence-corrected chi connectivity index (χ1v) is 8.71. The predicted molar refractivity (Wildman–Crippen MR) is 98.1 cm³/mol. The van der Waals surface area contributed by atoms with Gasteiger partial charge in [0.25, 0.3) is 5.56 Å². The van der Waals surface area contributed by atoms with Crippen molar-refractivity contribution >= 4 is 44.7 Å². The molecule has 0 aliphatic rings. The number of nitrogens with zero attached hydrogens (tertiary/aromatic N) is 2. The van der Waals surface area contributed by atoms with Gasteiger partial charge in [0.05, 0.1) is 11.7 Å². The summed E-state index contributed by atoms with van der Waals surface area (Å²) in [6.45, 7) is 3.82. The van der Waals surface area contributed by atoms with Crippen molar-refractivity contribution < 1.29 is 4.79 Å². The van der Waals surface area contributed by atoms with E-state index >= 15 is 0 Å². The van der Waals surface area contributed by atoms with Crippen LogP contribution in [0.2, 0.25) is 5.02 Å². The fourth-order valence-electron chi connectivity index (χ4n) is 2.37. The van der Waals surface area contributed by atoms with Crippen molar-refractivity contribution in [2.24, 2.45) is 0 Å². The van der Waals surface area contributed by atoms with Crippen molar-refractivity contribution in [1.82, 2.24) is 9.55 Å².